The molecule has 0 spiro atoms. The van der Waals surface area contributed by atoms with Crippen molar-refractivity contribution in [1.29, 1.82) is 0 Å². The van der Waals surface area contributed by atoms with Gasteiger partial charge in [-0.15, -0.1) is 0 Å². The van der Waals surface area contributed by atoms with Gasteiger partial charge in [0.2, 0.25) is 5.91 Å². The van der Waals surface area contributed by atoms with Gasteiger partial charge in [-0.2, -0.15) is 0 Å². The van der Waals surface area contributed by atoms with Crippen LogP contribution in [-0.2, 0) is 25.7 Å². The molecule has 1 heterocycles. The minimum atomic E-state index is -1.29. The number of nitrogens with one attached hydrogen (secondary N) is 1. The van der Waals surface area contributed by atoms with Crippen LogP contribution >= 0.6 is 0 Å². The van der Waals surface area contributed by atoms with E-state index >= 15 is 0 Å². The molecular weight excluding hydrogens is 319 g/mol. The molecule has 2 unspecified atom stereocenters. The fourth-order valence-electron chi connectivity index (χ4n) is 2.44. The molecule has 1 aromatic rings. The summed E-state index contributed by atoms with van der Waals surface area (Å²) in [4.78, 5) is 36.3. The number of halogens is 1. The Morgan fingerprint density at radius 3 is 2.67 bits per heavy atom. The molecule has 0 bridgehead atoms. The predicted molar refractivity (Wildman–Crippen MR) is 81.7 cm³/mol. The van der Waals surface area contributed by atoms with Gasteiger partial charge in [0.15, 0.2) is 0 Å². The zero-order valence-corrected chi connectivity index (χ0v) is 13.2. The van der Waals surface area contributed by atoms with Crippen LogP contribution in [0, 0.1) is 0 Å². The van der Waals surface area contributed by atoms with Crippen molar-refractivity contribution in [3.8, 4) is 0 Å². The van der Waals surface area contributed by atoms with Crippen molar-refractivity contribution in [3.05, 3.63) is 35.9 Å². The number of carbonyl (C=O) groups excluding carboxylic acids is 3. The molecule has 1 aliphatic heterocycles. The Morgan fingerprint density at radius 1 is 1.29 bits per heavy atom. The van der Waals surface area contributed by atoms with Crippen LogP contribution in [-0.4, -0.2) is 55.3 Å². The van der Waals surface area contributed by atoms with E-state index in [9.17, 15) is 18.8 Å². The molecule has 2 rings (SSSR count). The molecule has 0 aromatic heterocycles. The average Bonchev–Trinajstić information content (AvgIpc) is 3.00. The van der Waals surface area contributed by atoms with E-state index in [1.165, 1.54) is 7.11 Å². The Kier molecular flexibility index (Phi) is 6.11. The van der Waals surface area contributed by atoms with Gasteiger partial charge >= 0.3 is 12.1 Å². The number of hydrogen-bond donors (Lipinski definition) is 1. The molecule has 7 nitrogen and oxygen atoms in total. The Morgan fingerprint density at radius 2 is 2.00 bits per heavy atom. The second kappa shape index (κ2) is 8.28. The summed E-state index contributed by atoms with van der Waals surface area (Å²) in [7, 11) is 1.18. The SMILES string of the molecule is COC(=O)C1CC(F)CN1C(=O)CNC(=O)OCc1ccccc1. The van der Waals surface area contributed by atoms with Crippen LogP contribution in [0.25, 0.3) is 0 Å². The smallest absolute Gasteiger partial charge is 0.407 e. The second-order valence-electron chi connectivity index (χ2n) is 5.33. The second-order valence-corrected chi connectivity index (χ2v) is 5.33. The number of benzene rings is 1. The summed E-state index contributed by atoms with van der Waals surface area (Å²) < 4.78 is 23.0. The lowest BCUT2D eigenvalue weighted by Crippen LogP contribution is -2.46. The standard InChI is InChI=1S/C16H19FN2O5/c1-23-15(21)13-7-12(17)9-19(13)14(20)8-18-16(22)24-10-11-5-3-2-4-6-11/h2-6,12-13H,7-10H2,1H3,(H,18,22). The predicted octanol–water partition coefficient (Wildman–Crippen LogP) is 1.02. The first-order chi connectivity index (χ1) is 11.5. The first kappa shape index (κ1) is 17.7. The highest BCUT2D eigenvalue weighted by atomic mass is 19.1. The van der Waals surface area contributed by atoms with E-state index in [-0.39, 0.29) is 26.1 Å². The molecule has 2 amide bonds. The molecule has 130 valence electrons. The first-order valence-corrected chi connectivity index (χ1v) is 7.47. The van der Waals surface area contributed by atoms with Crippen molar-refractivity contribution < 1.29 is 28.2 Å². The van der Waals surface area contributed by atoms with E-state index in [4.69, 9.17) is 4.74 Å². The number of ether oxygens (including phenoxy) is 2. The Hall–Kier alpha value is -2.64. The molecule has 8 heteroatoms. The highest BCUT2D eigenvalue weighted by Gasteiger charge is 2.40. The molecule has 0 aliphatic carbocycles. The van der Waals surface area contributed by atoms with E-state index in [0.717, 1.165) is 10.5 Å². The molecule has 1 fully saturated rings. The van der Waals surface area contributed by atoms with Gasteiger partial charge in [0.05, 0.1) is 13.7 Å². The summed E-state index contributed by atoms with van der Waals surface area (Å²) in [5.74, 6) is -1.24. The van der Waals surface area contributed by atoms with Crippen LogP contribution in [0.2, 0.25) is 0 Å². The summed E-state index contributed by atoms with van der Waals surface area (Å²) in [6.45, 7) is -0.505. The number of amides is 2. The highest BCUT2D eigenvalue weighted by Crippen LogP contribution is 2.21. The fraction of sp³-hybridized carbons (Fsp3) is 0.438. The monoisotopic (exact) mass is 338 g/mol. The number of carbonyl (C=O) groups is 3. The van der Waals surface area contributed by atoms with Gasteiger partial charge in [0.25, 0.3) is 0 Å². The van der Waals surface area contributed by atoms with E-state index in [1.807, 2.05) is 18.2 Å². The minimum Gasteiger partial charge on any atom is -0.467 e. The van der Waals surface area contributed by atoms with Crippen LogP contribution in [0.15, 0.2) is 30.3 Å². The van der Waals surface area contributed by atoms with Crippen molar-refractivity contribution in [2.75, 3.05) is 20.2 Å². The summed E-state index contributed by atoms with van der Waals surface area (Å²) in [6.07, 6.45) is -2.16. The third-order valence-corrected chi connectivity index (χ3v) is 3.64. The maximum atomic E-state index is 13.5. The lowest BCUT2D eigenvalue weighted by atomic mass is 10.2. The van der Waals surface area contributed by atoms with Crippen molar-refractivity contribution in [3.63, 3.8) is 0 Å². The van der Waals surface area contributed by atoms with Crippen molar-refractivity contribution in [1.82, 2.24) is 10.2 Å². The number of rotatable bonds is 5. The van der Waals surface area contributed by atoms with E-state index < -0.39 is 30.2 Å². The molecule has 1 saturated heterocycles. The Balaban J connectivity index is 1.79. The molecule has 2 atom stereocenters. The van der Waals surface area contributed by atoms with Crippen molar-refractivity contribution in [2.45, 2.75) is 25.2 Å². The molecule has 0 saturated carbocycles. The van der Waals surface area contributed by atoms with E-state index in [0.29, 0.717) is 0 Å². The topological polar surface area (TPSA) is 84.9 Å². The van der Waals surface area contributed by atoms with E-state index in [1.54, 1.807) is 12.1 Å². The number of methoxy groups -OCH3 is 1. The number of esters is 1. The fourth-order valence-corrected chi connectivity index (χ4v) is 2.44. The van der Waals surface area contributed by atoms with Crippen LogP contribution in [0.3, 0.4) is 0 Å². The quantitative estimate of drug-likeness (QED) is 0.811. The van der Waals surface area contributed by atoms with Crippen LogP contribution in [0.4, 0.5) is 9.18 Å². The van der Waals surface area contributed by atoms with Gasteiger partial charge in [0, 0.05) is 6.42 Å². The highest BCUT2D eigenvalue weighted by molar-refractivity contribution is 5.88. The summed E-state index contributed by atoms with van der Waals surface area (Å²) in [5, 5.41) is 2.29. The van der Waals surface area contributed by atoms with Gasteiger partial charge in [-0.25, -0.2) is 14.0 Å². The Bertz CT molecular complexity index is 595. The zero-order valence-electron chi connectivity index (χ0n) is 13.2. The van der Waals surface area contributed by atoms with E-state index in [2.05, 4.69) is 10.1 Å². The lowest BCUT2D eigenvalue weighted by Gasteiger charge is -2.22. The maximum Gasteiger partial charge on any atom is 0.407 e. The summed E-state index contributed by atoms with van der Waals surface area (Å²) in [5.41, 5.74) is 0.810. The van der Waals surface area contributed by atoms with Gasteiger partial charge in [-0.1, -0.05) is 30.3 Å². The number of hydrogen-bond acceptors (Lipinski definition) is 5. The van der Waals surface area contributed by atoms with Crippen LogP contribution in [0.1, 0.15) is 12.0 Å². The largest absolute Gasteiger partial charge is 0.467 e. The zero-order chi connectivity index (χ0) is 17.5. The normalized spacial score (nSPS) is 19.7. The average molecular weight is 338 g/mol. The number of alkyl carbamates (subject to hydrolysis) is 1. The van der Waals surface area contributed by atoms with Gasteiger partial charge in [-0.3, -0.25) is 4.79 Å². The maximum absolute atomic E-state index is 13.5. The Labute approximate surface area is 138 Å². The number of alkyl halides is 1. The summed E-state index contributed by atoms with van der Waals surface area (Å²) in [6, 6.07) is 8.10. The van der Waals surface area contributed by atoms with Crippen LogP contribution < -0.4 is 5.32 Å². The molecule has 1 aromatic carbocycles. The molecule has 1 aliphatic rings. The number of nitrogens with zero attached hydrogens (tertiary/aromatic N) is 1. The molecule has 24 heavy (non-hydrogen) atoms. The molecule has 1 N–H and O–H groups in total. The molecule has 0 radical (unpaired) electrons. The third-order valence-electron chi connectivity index (χ3n) is 3.64. The summed E-state index contributed by atoms with van der Waals surface area (Å²) >= 11 is 0. The lowest BCUT2D eigenvalue weighted by molar-refractivity contribution is -0.150. The minimum absolute atomic E-state index is 0.0713. The van der Waals surface area contributed by atoms with Gasteiger partial charge in [-0.05, 0) is 5.56 Å². The van der Waals surface area contributed by atoms with Gasteiger partial charge in [0.1, 0.15) is 25.4 Å². The van der Waals surface area contributed by atoms with Crippen LogP contribution in [0.5, 0.6) is 0 Å². The van der Waals surface area contributed by atoms with Crippen molar-refractivity contribution >= 4 is 18.0 Å². The number of likely N-dealkylation sites (tertiary alicyclic amines) is 1. The third kappa shape index (κ3) is 4.68. The molecular formula is C16H19FN2O5. The van der Waals surface area contributed by atoms with Gasteiger partial charge < -0.3 is 19.7 Å². The van der Waals surface area contributed by atoms with Crippen molar-refractivity contribution in [2.24, 2.45) is 0 Å². The first-order valence-electron chi connectivity index (χ1n) is 7.47.